The van der Waals surface area contributed by atoms with Gasteiger partial charge >= 0.3 is 0 Å². The third kappa shape index (κ3) is 3.78. The van der Waals surface area contributed by atoms with Gasteiger partial charge in [-0.15, -0.1) is 10.2 Å². The minimum Gasteiger partial charge on any atom is -0.338 e. The van der Waals surface area contributed by atoms with E-state index < -0.39 is 10.0 Å². The topological polar surface area (TPSA) is 91.8 Å². The minimum absolute atomic E-state index is 0.208. The van der Waals surface area contributed by atoms with Gasteiger partial charge in [-0.25, -0.2) is 17.8 Å². The van der Waals surface area contributed by atoms with Crippen molar-refractivity contribution in [3.05, 3.63) is 53.8 Å². The molecular weight excluding hydrogens is 425 g/mol. The number of sulfonamides is 1. The summed E-state index contributed by atoms with van der Waals surface area (Å²) in [5.74, 6) is 0.110. The maximum absolute atomic E-state index is 13.8. The molecule has 0 bridgehead atoms. The highest BCUT2D eigenvalue weighted by Crippen LogP contribution is 2.28. The normalized spacial score (nSPS) is 12.3. The van der Waals surface area contributed by atoms with Crippen molar-refractivity contribution in [2.24, 2.45) is 0 Å². The van der Waals surface area contributed by atoms with Crippen molar-refractivity contribution < 1.29 is 12.8 Å². The zero-order chi connectivity index (χ0) is 21.3. The van der Waals surface area contributed by atoms with Crippen molar-refractivity contribution in [3.8, 4) is 0 Å². The molecule has 4 aromatic rings. The van der Waals surface area contributed by atoms with Gasteiger partial charge in [0.15, 0.2) is 5.65 Å². The quantitative estimate of drug-likeness (QED) is 0.433. The van der Waals surface area contributed by atoms with E-state index in [1.807, 2.05) is 0 Å². The van der Waals surface area contributed by atoms with Crippen molar-refractivity contribution in [1.29, 1.82) is 0 Å². The van der Waals surface area contributed by atoms with E-state index in [2.05, 4.69) is 20.2 Å². The maximum Gasteiger partial charge on any atom is 0.243 e. The largest absolute Gasteiger partial charge is 0.338 e. The van der Waals surface area contributed by atoms with E-state index in [0.29, 0.717) is 46.1 Å². The molecule has 2 aromatic carbocycles. The first-order chi connectivity index (χ1) is 14.4. The summed E-state index contributed by atoms with van der Waals surface area (Å²) < 4.78 is 40.9. The Kier molecular flexibility index (Phi) is 5.72. The van der Waals surface area contributed by atoms with E-state index in [0.717, 1.165) is 5.52 Å². The molecule has 10 heteroatoms. The second-order valence-electron chi connectivity index (χ2n) is 6.59. The van der Waals surface area contributed by atoms with Gasteiger partial charge < -0.3 is 4.98 Å². The molecule has 2 heterocycles. The molecule has 4 rings (SSSR count). The summed E-state index contributed by atoms with van der Waals surface area (Å²) in [4.78, 5) is 7.83. The molecule has 0 spiro atoms. The van der Waals surface area contributed by atoms with Crippen molar-refractivity contribution in [3.63, 3.8) is 0 Å². The lowest BCUT2D eigenvalue weighted by atomic mass is 10.2. The Balaban J connectivity index is 1.67. The third-order valence-electron chi connectivity index (χ3n) is 4.82. The lowest BCUT2D eigenvalue weighted by molar-refractivity contribution is 0.445. The number of halogens is 1. The molecule has 0 radical (unpaired) electrons. The van der Waals surface area contributed by atoms with Crippen molar-refractivity contribution in [1.82, 2.24) is 24.5 Å². The van der Waals surface area contributed by atoms with Crippen LogP contribution in [0.5, 0.6) is 0 Å². The number of aromatic amines is 1. The van der Waals surface area contributed by atoms with Gasteiger partial charge in [0.2, 0.25) is 15.2 Å². The van der Waals surface area contributed by atoms with E-state index in [1.54, 1.807) is 50.2 Å². The highest BCUT2D eigenvalue weighted by molar-refractivity contribution is 7.98. The lowest BCUT2D eigenvalue weighted by Gasteiger charge is -2.18. The average molecular weight is 446 g/mol. The standard InChI is InChI=1S/C20H20FN5O2S2/c1-3-26(4-2)30(27,28)14-9-10-17-15(11-14)18-19(22-17)23-20(25-24-18)29-12-13-7-5-6-8-16(13)21/h5-11H,3-4,12H2,1-2H3,(H,22,23,25). The van der Waals surface area contributed by atoms with Crippen LogP contribution in [-0.4, -0.2) is 46.0 Å². The third-order valence-corrected chi connectivity index (χ3v) is 7.76. The van der Waals surface area contributed by atoms with Crippen LogP contribution in [0.15, 0.2) is 52.5 Å². The average Bonchev–Trinajstić information content (AvgIpc) is 3.11. The van der Waals surface area contributed by atoms with E-state index >= 15 is 0 Å². The Morgan fingerprint density at radius 1 is 1.10 bits per heavy atom. The van der Waals surface area contributed by atoms with E-state index in [1.165, 1.54) is 22.1 Å². The number of aromatic nitrogens is 4. The summed E-state index contributed by atoms with van der Waals surface area (Å²) in [7, 11) is -3.58. The maximum atomic E-state index is 13.8. The predicted octanol–water partition coefficient (Wildman–Crippen LogP) is 3.97. The van der Waals surface area contributed by atoms with Crippen LogP contribution in [0.2, 0.25) is 0 Å². The monoisotopic (exact) mass is 445 g/mol. The molecule has 0 atom stereocenters. The van der Waals surface area contributed by atoms with Gasteiger partial charge in [0.05, 0.1) is 4.90 Å². The number of rotatable bonds is 7. The van der Waals surface area contributed by atoms with E-state index in [9.17, 15) is 12.8 Å². The van der Waals surface area contributed by atoms with Crippen molar-refractivity contribution in [2.75, 3.05) is 13.1 Å². The fourth-order valence-corrected chi connectivity index (χ4v) is 5.49. The molecular formula is C20H20FN5O2S2. The van der Waals surface area contributed by atoms with Gasteiger partial charge in [0.25, 0.3) is 0 Å². The van der Waals surface area contributed by atoms with Gasteiger partial charge in [-0.1, -0.05) is 43.8 Å². The Hall–Kier alpha value is -2.56. The summed E-state index contributed by atoms with van der Waals surface area (Å²) >= 11 is 1.28. The molecule has 0 aliphatic carbocycles. The molecule has 0 aliphatic heterocycles. The molecule has 0 saturated carbocycles. The second kappa shape index (κ2) is 8.29. The smallest absolute Gasteiger partial charge is 0.243 e. The van der Waals surface area contributed by atoms with Crippen LogP contribution in [0.4, 0.5) is 4.39 Å². The summed E-state index contributed by atoms with van der Waals surface area (Å²) in [6.45, 7) is 4.41. The van der Waals surface area contributed by atoms with Gasteiger partial charge in [0, 0.05) is 29.7 Å². The molecule has 0 fully saturated rings. The Bertz CT molecular complexity index is 1320. The van der Waals surface area contributed by atoms with Crippen LogP contribution in [0.25, 0.3) is 22.1 Å². The molecule has 0 aliphatic rings. The van der Waals surface area contributed by atoms with E-state index in [-0.39, 0.29) is 10.7 Å². The number of fused-ring (bicyclic) bond motifs is 3. The SMILES string of the molecule is CCN(CC)S(=O)(=O)c1ccc2[nH]c3nc(SCc4ccccc4F)nnc3c2c1. The zero-order valence-corrected chi connectivity index (χ0v) is 18.1. The van der Waals surface area contributed by atoms with Crippen molar-refractivity contribution in [2.45, 2.75) is 29.7 Å². The lowest BCUT2D eigenvalue weighted by Crippen LogP contribution is -2.30. The first-order valence-electron chi connectivity index (χ1n) is 9.46. The summed E-state index contributed by atoms with van der Waals surface area (Å²) in [6, 6.07) is 11.4. The zero-order valence-electron chi connectivity index (χ0n) is 16.5. The number of nitrogens with zero attached hydrogens (tertiary/aromatic N) is 4. The highest BCUT2D eigenvalue weighted by Gasteiger charge is 2.22. The summed E-state index contributed by atoms with van der Waals surface area (Å²) in [5.41, 5.74) is 2.29. The number of H-pyrrole nitrogens is 1. The highest BCUT2D eigenvalue weighted by atomic mass is 32.2. The van der Waals surface area contributed by atoms with Gasteiger partial charge in [-0.2, -0.15) is 4.31 Å². The molecule has 7 nitrogen and oxygen atoms in total. The molecule has 156 valence electrons. The fraction of sp³-hybridized carbons (Fsp3) is 0.250. The number of hydrogen-bond acceptors (Lipinski definition) is 6. The molecule has 2 aromatic heterocycles. The molecule has 0 amide bonds. The Morgan fingerprint density at radius 3 is 2.60 bits per heavy atom. The van der Waals surface area contributed by atoms with Crippen molar-refractivity contribution >= 4 is 43.9 Å². The van der Waals surface area contributed by atoms with Crippen LogP contribution >= 0.6 is 11.8 Å². The first kappa shape index (κ1) is 20.7. The summed E-state index contributed by atoms with van der Waals surface area (Å²) in [5, 5.41) is 9.43. The first-order valence-corrected chi connectivity index (χ1v) is 11.9. The van der Waals surface area contributed by atoms with Crippen LogP contribution in [0.3, 0.4) is 0 Å². The molecule has 0 saturated heterocycles. The molecule has 0 unspecified atom stereocenters. The van der Waals surface area contributed by atoms with Crippen LogP contribution in [0.1, 0.15) is 19.4 Å². The van der Waals surface area contributed by atoms with Crippen LogP contribution < -0.4 is 0 Å². The Labute approximate surface area is 177 Å². The van der Waals surface area contributed by atoms with Gasteiger partial charge in [-0.3, -0.25) is 0 Å². The number of hydrogen-bond donors (Lipinski definition) is 1. The summed E-state index contributed by atoms with van der Waals surface area (Å²) in [6.07, 6.45) is 0. The second-order valence-corrected chi connectivity index (χ2v) is 9.47. The number of benzene rings is 2. The fourth-order valence-electron chi connectivity index (χ4n) is 3.23. The minimum atomic E-state index is -3.58. The number of thioether (sulfide) groups is 1. The van der Waals surface area contributed by atoms with Gasteiger partial charge in [0.1, 0.15) is 11.3 Å². The number of nitrogens with one attached hydrogen (secondary N) is 1. The van der Waals surface area contributed by atoms with Crippen LogP contribution in [-0.2, 0) is 15.8 Å². The Morgan fingerprint density at radius 2 is 1.87 bits per heavy atom. The predicted molar refractivity (Wildman–Crippen MR) is 115 cm³/mol. The van der Waals surface area contributed by atoms with Gasteiger partial charge in [-0.05, 0) is 29.8 Å². The molecule has 30 heavy (non-hydrogen) atoms. The molecule has 1 N–H and O–H groups in total. The van der Waals surface area contributed by atoms with E-state index in [4.69, 9.17) is 0 Å². The van der Waals surface area contributed by atoms with Crippen LogP contribution in [0, 0.1) is 5.82 Å².